The molecule has 0 spiro atoms. The van der Waals surface area contributed by atoms with Gasteiger partial charge in [-0.25, -0.2) is 0 Å². The smallest absolute Gasteiger partial charge is 0.0653 e. The van der Waals surface area contributed by atoms with Gasteiger partial charge < -0.3 is 4.74 Å². The van der Waals surface area contributed by atoms with E-state index in [0.29, 0.717) is 12.7 Å². The van der Waals surface area contributed by atoms with E-state index in [-0.39, 0.29) is 0 Å². The van der Waals surface area contributed by atoms with E-state index in [1.54, 1.807) is 0 Å². The second kappa shape index (κ2) is 9.72. The van der Waals surface area contributed by atoms with Crippen molar-refractivity contribution in [2.75, 3.05) is 6.61 Å². The summed E-state index contributed by atoms with van der Waals surface area (Å²) in [7, 11) is 0. The molecular weight excluding hydrogens is 184 g/mol. The van der Waals surface area contributed by atoms with Crippen LogP contribution in [-0.2, 0) is 4.74 Å². The fraction of sp³-hybridized carbons (Fsp3) is 0.571. The van der Waals surface area contributed by atoms with Crippen molar-refractivity contribution in [3.05, 3.63) is 36.5 Å². The van der Waals surface area contributed by atoms with Crippen LogP contribution in [0.4, 0.5) is 0 Å². The van der Waals surface area contributed by atoms with Crippen molar-refractivity contribution in [3.63, 3.8) is 0 Å². The first-order valence-corrected chi connectivity index (χ1v) is 5.73. The van der Waals surface area contributed by atoms with E-state index in [4.69, 9.17) is 4.74 Å². The maximum absolute atomic E-state index is 5.36. The molecule has 0 aromatic heterocycles. The first-order valence-electron chi connectivity index (χ1n) is 5.73. The second-order valence-corrected chi connectivity index (χ2v) is 4.25. The standard InChI is InChI=1S/C14H24O/c1-13(2)11-9-7-5-6-8-10-12-15-14(3)4/h5-10,13-14H,11-12H2,1-4H3/b6-5+,9-7+,10-8+. The molecule has 0 aromatic rings. The Bertz CT molecular complexity index is 209. The third-order valence-electron chi connectivity index (χ3n) is 1.74. The summed E-state index contributed by atoms with van der Waals surface area (Å²) < 4.78 is 5.36. The van der Waals surface area contributed by atoms with Gasteiger partial charge in [-0.15, -0.1) is 0 Å². The number of allylic oxidation sites excluding steroid dienone is 5. The average Bonchev–Trinajstić information content (AvgIpc) is 2.14. The molecule has 0 amide bonds. The van der Waals surface area contributed by atoms with Gasteiger partial charge in [-0.1, -0.05) is 50.3 Å². The Morgan fingerprint density at radius 1 is 0.867 bits per heavy atom. The molecule has 0 aliphatic carbocycles. The molecule has 0 fully saturated rings. The van der Waals surface area contributed by atoms with Crippen molar-refractivity contribution in [2.45, 2.75) is 40.2 Å². The molecule has 0 aliphatic rings. The summed E-state index contributed by atoms with van der Waals surface area (Å²) in [5, 5.41) is 0. The van der Waals surface area contributed by atoms with Gasteiger partial charge in [0.2, 0.25) is 0 Å². The normalized spacial score (nSPS) is 13.2. The molecule has 0 N–H and O–H groups in total. The van der Waals surface area contributed by atoms with Gasteiger partial charge in [-0.2, -0.15) is 0 Å². The fourth-order valence-electron chi connectivity index (χ4n) is 0.940. The number of hydrogen-bond acceptors (Lipinski definition) is 1. The molecule has 0 saturated carbocycles. The van der Waals surface area contributed by atoms with Crippen LogP contribution in [0.1, 0.15) is 34.1 Å². The molecular formula is C14H24O. The van der Waals surface area contributed by atoms with Gasteiger partial charge in [0.25, 0.3) is 0 Å². The summed E-state index contributed by atoms with van der Waals surface area (Å²) in [6, 6.07) is 0. The van der Waals surface area contributed by atoms with E-state index in [1.165, 1.54) is 0 Å². The summed E-state index contributed by atoms with van der Waals surface area (Å²) in [5.74, 6) is 0.740. The maximum atomic E-state index is 5.36. The molecule has 1 heteroatoms. The van der Waals surface area contributed by atoms with E-state index in [9.17, 15) is 0 Å². The fourth-order valence-corrected chi connectivity index (χ4v) is 0.940. The number of hydrogen-bond donors (Lipinski definition) is 0. The monoisotopic (exact) mass is 208 g/mol. The highest BCUT2D eigenvalue weighted by Gasteiger charge is 1.86. The Kier molecular flexibility index (Phi) is 9.19. The summed E-state index contributed by atoms with van der Waals surface area (Å²) >= 11 is 0. The van der Waals surface area contributed by atoms with Crippen LogP contribution in [0.2, 0.25) is 0 Å². The largest absolute Gasteiger partial charge is 0.375 e. The van der Waals surface area contributed by atoms with Crippen molar-refractivity contribution >= 4 is 0 Å². The molecule has 0 aromatic carbocycles. The topological polar surface area (TPSA) is 9.23 Å². The molecule has 15 heavy (non-hydrogen) atoms. The lowest BCUT2D eigenvalue weighted by Crippen LogP contribution is -2.01. The van der Waals surface area contributed by atoms with Crippen molar-refractivity contribution < 1.29 is 4.74 Å². The van der Waals surface area contributed by atoms with E-state index < -0.39 is 0 Å². The molecule has 0 heterocycles. The van der Waals surface area contributed by atoms with E-state index in [0.717, 1.165) is 12.3 Å². The third kappa shape index (κ3) is 13.2. The first kappa shape index (κ1) is 14.2. The van der Waals surface area contributed by atoms with Gasteiger partial charge in [0, 0.05) is 0 Å². The number of rotatable bonds is 7. The van der Waals surface area contributed by atoms with Crippen molar-refractivity contribution in [1.29, 1.82) is 0 Å². The van der Waals surface area contributed by atoms with Crippen LogP contribution in [0.25, 0.3) is 0 Å². The summed E-state index contributed by atoms with van der Waals surface area (Å²) in [4.78, 5) is 0. The zero-order valence-electron chi connectivity index (χ0n) is 10.4. The van der Waals surface area contributed by atoms with E-state index >= 15 is 0 Å². The third-order valence-corrected chi connectivity index (χ3v) is 1.74. The molecule has 0 saturated heterocycles. The zero-order chi connectivity index (χ0) is 11.5. The Labute approximate surface area is 94.5 Å². The lowest BCUT2D eigenvalue weighted by atomic mass is 10.1. The molecule has 0 unspecified atom stereocenters. The maximum Gasteiger partial charge on any atom is 0.0653 e. The Morgan fingerprint density at radius 3 is 2.00 bits per heavy atom. The van der Waals surface area contributed by atoms with Crippen LogP contribution < -0.4 is 0 Å². The minimum Gasteiger partial charge on any atom is -0.375 e. The SMILES string of the molecule is CC(C)C/C=C/C=C/C=C/COC(C)C. The van der Waals surface area contributed by atoms with Crippen LogP contribution in [0.5, 0.6) is 0 Å². The van der Waals surface area contributed by atoms with Gasteiger partial charge >= 0.3 is 0 Å². The Balaban J connectivity index is 3.49. The first-order chi connectivity index (χ1) is 7.13. The molecule has 0 atom stereocenters. The highest BCUT2D eigenvalue weighted by atomic mass is 16.5. The minimum atomic E-state index is 0.310. The van der Waals surface area contributed by atoms with Crippen molar-refractivity contribution in [1.82, 2.24) is 0 Å². The lowest BCUT2D eigenvalue weighted by Gasteiger charge is -2.01. The van der Waals surface area contributed by atoms with Crippen LogP contribution in [0, 0.1) is 5.92 Å². The minimum absolute atomic E-state index is 0.310. The highest BCUT2D eigenvalue weighted by molar-refractivity contribution is 5.11. The van der Waals surface area contributed by atoms with Crippen LogP contribution in [0.15, 0.2) is 36.5 Å². The van der Waals surface area contributed by atoms with Crippen LogP contribution in [-0.4, -0.2) is 12.7 Å². The lowest BCUT2D eigenvalue weighted by molar-refractivity contribution is 0.102. The molecule has 0 aliphatic heterocycles. The summed E-state index contributed by atoms with van der Waals surface area (Å²) in [6.45, 7) is 9.21. The quantitative estimate of drug-likeness (QED) is 0.572. The average molecular weight is 208 g/mol. The van der Waals surface area contributed by atoms with Gasteiger partial charge in [0.1, 0.15) is 0 Å². The predicted octanol–water partition coefficient (Wildman–Crippen LogP) is 4.13. The second-order valence-electron chi connectivity index (χ2n) is 4.25. The molecule has 0 radical (unpaired) electrons. The molecule has 0 rings (SSSR count). The molecule has 86 valence electrons. The molecule has 0 bridgehead atoms. The van der Waals surface area contributed by atoms with Crippen LogP contribution in [0.3, 0.4) is 0 Å². The van der Waals surface area contributed by atoms with E-state index in [1.807, 2.05) is 38.2 Å². The summed E-state index contributed by atoms with van der Waals surface area (Å²) in [6.07, 6.45) is 13.9. The predicted molar refractivity (Wildman–Crippen MR) is 68.0 cm³/mol. The van der Waals surface area contributed by atoms with Gasteiger partial charge in [-0.3, -0.25) is 0 Å². The van der Waals surface area contributed by atoms with Gasteiger partial charge in [-0.05, 0) is 26.2 Å². The highest BCUT2D eigenvalue weighted by Crippen LogP contribution is 1.99. The Hall–Kier alpha value is -0.820. The summed E-state index contributed by atoms with van der Waals surface area (Å²) in [5.41, 5.74) is 0. The van der Waals surface area contributed by atoms with E-state index in [2.05, 4.69) is 26.0 Å². The number of ether oxygens (including phenoxy) is 1. The molecule has 1 nitrogen and oxygen atoms in total. The zero-order valence-corrected chi connectivity index (χ0v) is 10.4. The Morgan fingerprint density at radius 2 is 1.47 bits per heavy atom. The van der Waals surface area contributed by atoms with Crippen molar-refractivity contribution in [2.24, 2.45) is 5.92 Å². The van der Waals surface area contributed by atoms with Crippen molar-refractivity contribution in [3.8, 4) is 0 Å². The van der Waals surface area contributed by atoms with Gasteiger partial charge in [0.05, 0.1) is 12.7 Å². The van der Waals surface area contributed by atoms with Crippen LogP contribution >= 0.6 is 0 Å². The van der Waals surface area contributed by atoms with Gasteiger partial charge in [0.15, 0.2) is 0 Å².